The molecule has 3 aliphatic rings. The Kier molecular flexibility index (Phi) is 3.99. The molecular formula is C20H23N5O3. The molecule has 0 aromatic carbocycles. The Labute approximate surface area is 163 Å². The summed E-state index contributed by atoms with van der Waals surface area (Å²) in [6, 6.07) is 5.73. The number of piperidine rings is 1. The molecule has 0 radical (unpaired) electrons. The fourth-order valence-electron chi connectivity index (χ4n) is 4.30. The lowest BCUT2D eigenvalue weighted by Crippen LogP contribution is -2.49. The molecule has 1 amide bonds. The number of nitrogens with zero attached hydrogens (tertiary/aromatic N) is 5. The smallest absolute Gasteiger partial charge is 0.407 e. The molecule has 2 aromatic rings. The van der Waals surface area contributed by atoms with Crippen LogP contribution in [0.4, 0.5) is 4.79 Å². The standard InChI is InChI=1S/C20H23N5O3/c26-19(27)24-11-6-20(7-12-24)13-15(23-9-3-4-10-23)18-16(28-20)14-25(22-18)17-5-1-2-8-21-17/h1-2,5,8,13-14H,3-4,6-7,9-12H2,(H,26,27). The van der Waals surface area contributed by atoms with Crippen molar-refractivity contribution in [2.45, 2.75) is 31.3 Å². The van der Waals surface area contributed by atoms with E-state index < -0.39 is 11.7 Å². The quantitative estimate of drug-likeness (QED) is 0.861. The number of fused-ring (bicyclic) bond motifs is 1. The number of pyridine rings is 1. The molecule has 1 spiro atoms. The number of hydrogen-bond donors (Lipinski definition) is 1. The Hall–Kier alpha value is -3.03. The van der Waals surface area contributed by atoms with Crippen LogP contribution in [0.1, 0.15) is 31.4 Å². The molecule has 0 bridgehead atoms. The van der Waals surface area contributed by atoms with Crippen LogP contribution in [0.5, 0.6) is 5.75 Å². The monoisotopic (exact) mass is 381 g/mol. The molecule has 0 saturated carbocycles. The van der Waals surface area contributed by atoms with E-state index in [1.54, 1.807) is 10.9 Å². The van der Waals surface area contributed by atoms with Gasteiger partial charge in [-0.3, -0.25) is 0 Å². The zero-order valence-corrected chi connectivity index (χ0v) is 15.6. The van der Waals surface area contributed by atoms with Gasteiger partial charge in [-0.1, -0.05) is 6.07 Å². The number of carbonyl (C=O) groups is 1. The highest BCUT2D eigenvalue weighted by molar-refractivity contribution is 5.70. The van der Waals surface area contributed by atoms with Gasteiger partial charge in [0.15, 0.2) is 17.3 Å². The number of likely N-dealkylation sites (tertiary alicyclic amines) is 2. The summed E-state index contributed by atoms with van der Waals surface area (Å²) in [6.07, 6.45) is 8.61. The lowest BCUT2D eigenvalue weighted by molar-refractivity contribution is 0.0385. The van der Waals surface area contributed by atoms with Crippen LogP contribution < -0.4 is 4.74 Å². The fourth-order valence-corrected chi connectivity index (χ4v) is 4.30. The van der Waals surface area contributed by atoms with E-state index in [4.69, 9.17) is 9.84 Å². The number of aromatic nitrogens is 3. The number of carboxylic acid groups (broad SMARTS) is 1. The van der Waals surface area contributed by atoms with E-state index in [-0.39, 0.29) is 0 Å². The normalized spacial score (nSPS) is 20.6. The topological polar surface area (TPSA) is 83.7 Å². The molecule has 2 saturated heterocycles. The summed E-state index contributed by atoms with van der Waals surface area (Å²) < 4.78 is 8.21. The zero-order valence-electron chi connectivity index (χ0n) is 15.6. The first kappa shape index (κ1) is 17.1. The maximum atomic E-state index is 11.3. The van der Waals surface area contributed by atoms with Crippen LogP contribution in [0.3, 0.4) is 0 Å². The van der Waals surface area contributed by atoms with Crippen LogP contribution in [0.2, 0.25) is 0 Å². The average Bonchev–Trinajstić information content (AvgIpc) is 3.38. The number of ether oxygens (including phenoxy) is 1. The first-order chi connectivity index (χ1) is 13.6. The van der Waals surface area contributed by atoms with E-state index in [2.05, 4.69) is 16.0 Å². The van der Waals surface area contributed by atoms with Crippen molar-refractivity contribution in [2.75, 3.05) is 26.2 Å². The maximum Gasteiger partial charge on any atom is 0.407 e. The summed E-state index contributed by atoms with van der Waals surface area (Å²) in [5, 5.41) is 14.1. The van der Waals surface area contributed by atoms with Crippen LogP contribution in [-0.2, 0) is 0 Å². The van der Waals surface area contributed by atoms with Gasteiger partial charge in [0.05, 0.1) is 11.9 Å². The Morgan fingerprint density at radius 3 is 2.61 bits per heavy atom. The lowest BCUT2D eigenvalue weighted by atomic mass is 9.88. The maximum absolute atomic E-state index is 11.3. The van der Waals surface area contributed by atoms with E-state index in [9.17, 15) is 9.90 Å². The van der Waals surface area contributed by atoms with Crippen LogP contribution in [0, 0.1) is 0 Å². The predicted octanol–water partition coefficient (Wildman–Crippen LogP) is 2.61. The largest absolute Gasteiger partial charge is 0.479 e. The molecule has 2 fully saturated rings. The Balaban J connectivity index is 1.52. The molecule has 5 heterocycles. The average molecular weight is 381 g/mol. The van der Waals surface area contributed by atoms with Crippen molar-refractivity contribution in [1.29, 1.82) is 0 Å². The minimum Gasteiger partial charge on any atom is -0.479 e. The van der Waals surface area contributed by atoms with E-state index >= 15 is 0 Å². The summed E-state index contributed by atoms with van der Waals surface area (Å²) >= 11 is 0. The van der Waals surface area contributed by atoms with Crippen molar-refractivity contribution in [3.63, 3.8) is 0 Å². The van der Waals surface area contributed by atoms with Gasteiger partial charge in [0.25, 0.3) is 0 Å². The van der Waals surface area contributed by atoms with E-state index in [1.165, 1.54) is 17.7 Å². The van der Waals surface area contributed by atoms with Gasteiger partial charge in [0, 0.05) is 45.2 Å². The van der Waals surface area contributed by atoms with E-state index in [1.807, 2.05) is 24.4 Å². The minimum absolute atomic E-state index is 0.475. The fraction of sp³-hybridized carbons (Fsp3) is 0.450. The third kappa shape index (κ3) is 2.89. The van der Waals surface area contributed by atoms with Gasteiger partial charge in [-0.25, -0.2) is 14.5 Å². The lowest BCUT2D eigenvalue weighted by Gasteiger charge is -2.42. The summed E-state index contributed by atoms with van der Waals surface area (Å²) in [5.74, 6) is 1.50. The molecular weight excluding hydrogens is 358 g/mol. The predicted molar refractivity (Wildman–Crippen MR) is 102 cm³/mol. The second-order valence-electron chi connectivity index (χ2n) is 7.63. The Bertz CT molecular complexity index is 909. The van der Waals surface area contributed by atoms with E-state index in [0.29, 0.717) is 25.9 Å². The molecule has 2 aromatic heterocycles. The minimum atomic E-state index is -0.863. The van der Waals surface area contributed by atoms with Crippen molar-refractivity contribution < 1.29 is 14.6 Å². The van der Waals surface area contributed by atoms with Gasteiger partial charge < -0.3 is 19.6 Å². The van der Waals surface area contributed by atoms with Gasteiger partial charge in [0.2, 0.25) is 0 Å². The molecule has 146 valence electrons. The highest BCUT2D eigenvalue weighted by Gasteiger charge is 2.42. The number of hydrogen-bond acceptors (Lipinski definition) is 5. The second kappa shape index (κ2) is 6.54. The second-order valence-corrected chi connectivity index (χ2v) is 7.63. The summed E-state index contributed by atoms with van der Waals surface area (Å²) in [4.78, 5) is 19.5. The third-order valence-corrected chi connectivity index (χ3v) is 5.85. The van der Waals surface area contributed by atoms with Crippen LogP contribution in [-0.4, -0.2) is 67.5 Å². The molecule has 5 rings (SSSR count). The zero-order chi connectivity index (χ0) is 19.1. The number of amides is 1. The van der Waals surface area contributed by atoms with Gasteiger partial charge >= 0.3 is 6.09 Å². The summed E-state index contributed by atoms with van der Waals surface area (Å²) in [6.45, 7) is 2.98. The van der Waals surface area contributed by atoms with Crippen LogP contribution in [0.15, 0.2) is 36.7 Å². The Morgan fingerprint density at radius 2 is 1.93 bits per heavy atom. The summed E-state index contributed by atoms with van der Waals surface area (Å²) in [5.41, 5.74) is 1.48. The highest BCUT2D eigenvalue weighted by atomic mass is 16.5. The highest BCUT2D eigenvalue weighted by Crippen LogP contribution is 2.42. The number of rotatable bonds is 2. The van der Waals surface area contributed by atoms with Gasteiger partial charge in [-0.15, -0.1) is 0 Å². The molecule has 1 N–H and O–H groups in total. The van der Waals surface area contributed by atoms with Crippen molar-refractivity contribution in [2.24, 2.45) is 0 Å². The van der Waals surface area contributed by atoms with Gasteiger partial charge in [-0.05, 0) is 31.1 Å². The molecule has 8 nitrogen and oxygen atoms in total. The summed E-state index contributed by atoms with van der Waals surface area (Å²) in [7, 11) is 0. The van der Waals surface area contributed by atoms with Crippen molar-refractivity contribution in [3.8, 4) is 11.6 Å². The first-order valence-corrected chi connectivity index (χ1v) is 9.80. The van der Waals surface area contributed by atoms with Crippen molar-refractivity contribution >= 4 is 11.8 Å². The molecule has 3 aliphatic heterocycles. The third-order valence-electron chi connectivity index (χ3n) is 5.85. The SMILES string of the molecule is O=C(O)N1CCC2(C=C(N3CCCC3)c3nn(-c4ccccn4)cc3O2)CC1. The van der Waals surface area contributed by atoms with Crippen LogP contribution in [0.25, 0.3) is 11.5 Å². The molecule has 0 unspecified atom stereocenters. The molecule has 28 heavy (non-hydrogen) atoms. The van der Waals surface area contributed by atoms with Crippen molar-refractivity contribution in [1.82, 2.24) is 24.6 Å². The molecule has 0 aliphatic carbocycles. The van der Waals surface area contributed by atoms with Gasteiger partial charge in [0.1, 0.15) is 5.60 Å². The van der Waals surface area contributed by atoms with E-state index in [0.717, 1.165) is 36.0 Å². The van der Waals surface area contributed by atoms with Crippen LogP contribution >= 0.6 is 0 Å². The molecule has 0 atom stereocenters. The first-order valence-electron chi connectivity index (χ1n) is 9.80. The van der Waals surface area contributed by atoms with Gasteiger partial charge in [-0.2, -0.15) is 5.10 Å². The Morgan fingerprint density at radius 1 is 1.14 bits per heavy atom. The van der Waals surface area contributed by atoms with Crippen molar-refractivity contribution in [3.05, 3.63) is 42.4 Å². The molecule has 8 heteroatoms.